The molecule has 50 heavy (non-hydrogen) atoms. The van der Waals surface area contributed by atoms with E-state index in [2.05, 4.69) is 0 Å². The van der Waals surface area contributed by atoms with E-state index in [1.165, 1.54) is 49.5 Å². The Labute approximate surface area is 307 Å². The second-order valence-electron chi connectivity index (χ2n) is 9.36. The molecular weight excluding hydrogens is 769 g/mol. The van der Waals surface area contributed by atoms with Gasteiger partial charge >= 0.3 is 35.6 Å². The van der Waals surface area contributed by atoms with Gasteiger partial charge in [-0.1, -0.05) is 103 Å². The minimum atomic E-state index is -4.33. The molecule has 2 heterocycles. The van der Waals surface area contributed by atoms with Crippen molar-refractivity contribution in [2.75, 3.05) is 6.61 Å². The quantitative estimate of drug-likeness (QED) is 0.134. The molecule has 0 fully saturated rings. The molecular formula is C32H26O12S6. The fourth-order valence-corrected chi connectivity index (χ4v) is 12.1. The Balaban J connectivity index is 0.00000105. The summed E-state index contributed by atoms with van der Waals surface area (Å²) < 4.78 is 62.0. The highest BCUT2D eigenvalue weighted by Gasteiger charge is 2.42. The number of carbonyl (C=O) groups is 3. The Morgan fingerprint density at radius 3 is 1.50 bits per heavy atom. The van der Waals surface area contributed by atoms with Crippen LogP contribution in [0.1, 0.15) is 39.7 Å². The minimum Gasteiger partial charge on any atom is -0.462 e. The van der Waals surface area contributed by atoms with Crippen LogP contribution in [0.4, 0.5) is 0 Å². The van der Waals surface area contributed by atoms with Gasteiger partial charge in [0.15, 0.2) is 16.4 Å². The van der Waals surface area contributed by atoms with E-state index < -0.39 is 44.2 Å². The third-order valence-corrected chi connectivity index (χ3v) is 13.5. The van der Waals surface area contributed by atoms with Crippen LogP contribution in [0.25, 0.3) is 5.57 Å². The van der Waals surface area contributed by atoms with Gasteiger partial charge in [0.25, 0.3) is 0 Å². The molecule has 5 rings (SSSR count). The summed E-state index contributed by atoms with van der Waals surface area (Å²) in [5.41, 5.74) is 2.10. The molecule has 0 N–H and O–H groups in total. The average Bonchev–Trinajstić information content (AvgIpc) is 3.70. The first kappa shape index (κ1) is 40.5. The summed E-state index contributed by atoms with van der Waals surface area (Å²) in [5, 5.41) is 0. The molecule has 0 bridgehead atoms. The molecule has 0 unspecified atom stereocenters. The monoisotopic (exact) mass is 794 g/mol. The van der Waals surface area contributed by atoms with Crippen LogP contribution < -0.4 is 9.47 Å². The largest absolute Gasteiger partial charge is 0.462 e. The van der Waals surface area contributed by atoms with Crippen molar-refractivity contribution in [1.29, 1.82) is 0 Å². The molecule has 0 aliphatic carbocycles. The number of rotatable bonds is 8. The summed E-state index contributed by atoms with van der Waals surface area (Å²) in [7, 11) is -4.33. The topological polar surface area (TPSA) is 181 Å². The highest BCUT2D eigenvalue weighted by atomic mass is 32.2. The molecule has 18 heteroatoms. The SMILES string of the molecule is CCOC(=O)C(=C1Sc2c(OC(C)=O)c3c(c(OC(C)=O)c2S1)SC(=C(CC)c1ccccc1)S3)S(=O)(=O)c1ccccc1.O=C=O.O=S=O. The molecule has 0 amide bonds. The zero-order valence-electron chi connectivity index (χ0n) is 26.5. The van der Waals surface area contributed by atoms with Gasteiger partial charge in [-0.15, -0.1) is 0 Å². The number of esters is 3. The fraction of sp³-hybridized carbons (Fsp3) is 0.188. The van der Waals surface area contributed by atoms with Gasteiger partial charge in [-0.25, -0.2) is 13.2 Å². The molecule has 0 radical (unpaired) electrons. The van der Waals surface area contributed by atoms with Crippen molar-refractivity contribution >= 4 is 98.1 Å². The first-order valence-corrected chi connectivity index (χ1v) is 19.5. The summed E-state index contributed by atoms with van der Waals surface area (Å²) in [6.07, 6.45) is 0.968. The predicted octanol–water partition coefficient (Wildman–Crippen LogP) is 6.66. The van der Waals surface area contributed by atoms with Gasteiger partial charge in [-0.2, -0.15) is 18.0 Å². The average molecular weight is 795 g/mol. The third kappa shape index (κ3) is 9.45. The number of carbonyl (C=O) groups excluding carboxylic acids is 5. The van der Waals surface area contributed by atoms with Crippen LogP contribution in [-0.2, 0) is 50.1 Å². The maximum Gasteiger partial charge on any atom is 0.373 e. The Kier molecular flexibility index (Phi) is 15.3. The number of ether oxygens (including phenoxy) is 3. The van der Waals surface area contributed by atoms with Gasteiger partial charge in [-0.05, 0) is 36.6 Å². The van der Waals surface area contributed by atoms with E-state index in [-0.39, 0.29) is 33.4 Å². The van der Waals surface area contributed by atoms with Crippen LogP contribution in [0, 0.1) is 0 Å². The Morgan fingerprint density at radius 2 is 1.12 bits per heavy atom. The molecule has 12 nitrogen and oxygen atoms in total. The summed E-state index contributed by atoms with van der Waals surface area (Å²) in [5.74, 6) is -1.76. The molecule has 3 aromatic carbocycles. The van der Waals surface area contributed by atoms with Crippen molar-refractivity contribution in [3.63, 3.8) is 0 Å². The van der Waals surface area contributed by atoms with Crippen molar-refractivity contribution in [3.8, 4) is 11.5 Å². The van der Waals surface area contributed by atoms with Gasteiger partial charge < -0.3 is 14.2 Å². The Bertz CT molecular complexity index is 1960. The molecule has 2 aliphatic rings. The van der Waals surface area contributed by atoms with E-state index in [9.17, 15) is 22.8 Å². The molecule has 0 saturated heterocycles. The Morgan fingerprint density at radius 1 is 0.720 bits per heavy atom. The minimum absolute atomic E-state index is 0.0442. The maximum absolute atomic E-state index is 13.8. The van der Waals surface area contributed by atoms with Crippen LogP contribution in [0.3, 0.4) is 0 Å². The molecule has 0 spiro atoms. The number of allylic oxidation sites excluding steroid dienone is 1. The maximum atomic E-state index is 13.8. The molecule has 0 atom stereocenters. The van der Waals surface area contributed by atoms with Gasteiger partial charge in [0.1, 0.15) is 0 Å². The van der Waals surface area contributed by atoms with E-state index in [1.54, 1.807) is 25.1 Å². The number of fused-ring (bicyclic) bond motifs is 2. The normalized spacial score (nSPS) is 12.4. The first-order chi connectivity index (χ1) is 23.9. The lowest BCUT2D eigenvalue weighted by Gasteiger charge is -2.15. The lowest BCUT2D eigenvalue weighted by atomic mass is 10.1. The lowest BCUT2D eigenvalue weighted by molar-refractivity contribution is -0.191. The predicted molar refractivity (Wildman–Crippen MR) is 187 cm³/mol. The molecule has 0 saturated carbocycles. The summed E-state index contributed by atoms with van der Waals surface area (Å²) in [6.45, 7) is 6.14. The zero-order chi connectivity index (χ0) is 37.0. The summed E-state index contributed by atoms with van der Waals surface area (Å²) in [4.78, 5) is 55.5. The second kappa shape index (κ2) is 18.9. The number of sulfone groups is 1. The number of thioether (sulfide) groups is 4. The van der Waals surface area contributed by atoms with E-state index in [0.29, 0.717) is 19.6 Å². The van der Waals surface area contributed by atoms with Crippen molar-refractivity contribution in [2.24, 2.45) is 0 Å². The highest BCUT2D eigenvalue weighted by molar-refractivity contribution is 8.26. The van der Waals surface area contributed by atoms with E-state index >= 15 is 0 Å². The van der Waals surface area contributed by atoms with Gasteiger partial charge in [-0.3, -0.25) is 9.59 Å². The summed E-state index contributed by atoms with van der Waals surface area (Å²) >= 11 is 3.96. The molecule has 262 valence electrons. The van der Waals surface area contributed by atoms with Gasteiger partial charge in [0.2, 0.25) is 9.84 Å². The van der Waals surface area contributed by atoms with Crippen LogP contribution in [-0.4, -0.2) is 47.5 Å². The lowest BCUT2D eigenvalue weighted by Crippen LogP contribution is -2.17. The number of hydrogen-bond acceptors (Lipinski definition) is 16. The zero-order valence-corrected chi connectivity index (χ0v) is 31.4. The van der Waals surface area contributed by atoms with Crippen molar-refractivity contribution in [1.82, 2.24) is 0 Å². The Hall–Kier alpha value is -3.90. The van der Waals surface area contributed by atoms with Gasteiger partial charge in [0, 0.05) is 13.8 Å². The second-order valence-corrected chi connectivity index (χ2v) is 16.0. The van der Waals surface area contributed by atoms with E-state index in [1.807, 2.05) is 37.3 Å². The smallest absolute Gasteiger partial charge is 0.373 e. The van der Waals surface area contributed by atoms with Crippen LogP contribution in [0.2, 0.25) is 0 Å². The highest BCUT2D eigenvalue weighted by Crippen LogP contribution is 2.69. The number of benzene rings is 3. The van der Waals surface area contributed by atoms with Crippen molar-refractivity contribution < 1.29 is 55.0 Å². The number of hydrogen-bond donors (Lipinski definition) is 0. The summed E-state index contributed by atoms with van der Waals surface area (Å²) in [6, 6.07) is 17.5. The van der Waals surface area contributed by atoms with Crippen LogP contribution in [0.5, 0.6) is 11.5 Å². The fourth-order valence-electron chi connectivity index (χ4n) is 4.41. The molecule has 3 aromatic rings. The van der Waals surface area contributed by atoms with E-state index in [4.69, 9.17) is 32.2 Å². The van der Waals surface area contributed by atoms with Gasteiger partial charge in [0.05, 0.1) is 39.6 Å². The van der Waals surface area contributed by atoms with E-state index in [0.717, 1.165) is 45.3 Å². The third-order valence-electron chi connectivity index (χ3n) is 6.20. The van der Waals surface area contributed by atoms with Crippen LogP contribution in [0.15, 0.2) is 98.5 Å². The van der Waals surface area contributed by atoms with Crippen molar-refractivity contribution in [3.05, 3.63) is 79.6 Å². The first-order valence-electron chi connectivity index (χ1n) is 14.1. The standard InChI is InChI=1S/C31H26O8S5.CO2.O2S/c1-5-21(19-13-9-7-10-14-19)30-40-24-22(38-17(3)32)26-27(23(25(24)41-30)39-18(4)33)43-31(42-26)28(29(34)37-6-2)44(35,36)20-15-11-8-12-16-20;2-1-3;1-3-2/h7-16H,5-6H2,1-4H3;;. The molecule has 0 aromatic heterocycles. The molecule has 2 aliphatic heterocycles. The van der Waals surface area contributed by atoms with Crippen LogP contribution >= 0.6 is 47.0 Å². The van der Waals surface area contributed by atoms with Crippen molar-refractivity contribution in [2.45, 2.75) is 58.6 Å².